The van der Waals surface area contributed by atoms with Crippen molar-refractivity contribution in [3.05, 3.63) is 11.9 Å². The van der Waals surface area contributed by atoms with Gasteiger partial charge in [-0.15, -0.1) is 0 Å². The van der Waals surface area contributed by atoms with Gasteiger partial charge in [-0.1, -0.05) is 6.92 Å². The standard InChI is InChI=1S/C12H23N5/c1-5-6-17(4)12-7-11(14-9(2)8-13)15-10(3)16-12/h7,9H,5-6,8,13H2,1-4H3,(H,14,15,16). The number of hydrogen-bond donors (Lipinski definition) is 2. The third-order valence-electron chi connectivity index (χ3n) is 2.52. The normalized spacial score (nSPS) is 12.3. The topological polar surface area (TPSA) is 67.1 Å². The Labute approximate surface area is 103 Å². The molecule has 0 bridgehead atoms. The number of nitrogens with zero attached hydrogens (tertiary/aromatic N) is 3. The van der Waals surface area contributed by atoms with Crippen molar-refractivity contribution in [2.45, 2.75) is 33.2 Å². The molecule has 96 valence electrons. The molecular weight excluding hydrogens is 214 g/mol. The molecule has 5 nitrogen and oxygen atoms in total. The van der Waals surface area contributed by atoms with Crippen LogP contribution < -0.4 is 16.0 Å². The summed E-state index contributed by atoms with van der Waals surface area (Å²) >= 11 is 0. The van der Waals surface area contributed by atoms with Crippen molar-refractivity contribution in [1.82, 2.24) is 9.97 Å². The highest BCUT2D eigenvalue weighted by Gasteiger charge is 2.07. The van der Waals surface area contributed by atoms with Crippen molar-refractivity contribution in [1.29, 1.82) is 0 Å². The molecule has 0 spiro atoms. The van der Waals surface area contributed by atoms with Crippen LogP contribution in [-0.4, -0.2) is 36.1 Å². The average molecular weight is 237 g/mol. The number of aryl methyl sites for hydroxylation is 1. The van der Waals surface area contributed by atoms with Crippen molar-refractivity contribution < 1.29 is 0 Å². The van der Waals surface area contributed by atoms with E-state index in [4.69, 9.17) is 5.73 Å². The summed E-state index contributed by atoms with van der Waals surface area (Å²) in [5, 5.41) is 3.27. The molecule has 1 aromatic heterocycles. The van der Waals surface area contributed by atoms with E-state index in [1.807, 2.05) is 27.0 Å². The highest BCUT2D eigenvalue weighted by molar-refractivity contribution is 5.49. The van der Waals surface area contributed by atoms with Gasteiger partial charge in [-0.2, -0.15) is 0 Å². The van der Waals surface area contributed by atoms with E-state index in [2.05, 4.69) is 27.1 Å². The first-order valence-electron chi connectivity index (χ1n) is 6.10. The minimum absolute atomic E-state index is 0.216. The maximum Gasteiger partial charge on any atom is 0.134 e. The van der Waals surface area contributed by atoms with E-state index in [0.29, 0.717) is 6.54 Å². The van der Waals surface area contributed by atoms with E-state index in [9.17, 15) is 0 Å². The summed E-state index contributed by atoms with van der Waals surface area (Å²) in [5.41, 5.74) is 5.59. The molecule has 0 saturated carbocycles. The van der Waals surface area contributed by atoms with E-state index >= 15 is 0 Å². The Bertz CT molecular complexity index is 353. The maximum atomic E-state index is 5.59. The fraction of sp³-hybridized carbons (Fsp3) is 0.667. The van der Waals surface area contributed by atoms with Crippen molar-refractivity contribution in [2.75, 3.05) is 30.4 Å². The SMILES string of the molecule is CCCN(C)c1cc(NC(C)CN)nc(C)n1. The molecule has 0 aliphatic heterocycles. The van der Waals surface area contributed by atoms with Crippen molar-refractivity contribution in [2.24, 2.45) is 5.73 Å². The van der Waals surface area contributed by atoms with Gasteiger partial charge in [0.2, 0.25) is 0 Å². The van der Waals surface area contributed by atoms with Gasteiger partial charge in [0, 0.05) is 32.2 Å². The number of hydrogen-bond acceptors (Lipinski definition) is 5. The predicted molar refractivity (Wildman–Crippen MR) is 72.5 cm³/mol. The van der Waals surface area contributed by atoms with Crippen LogP contribution in [0.5, 0.6) is 0 Å². The zero-order valence-electron chi connectivity index (χ0n) is 11.2. The molecule has 17 heavy (non-hydrogen) atoms. The molecular formula is C12H23N5. The van der Waals surface area contributed by atoms with Gasteiger partial charge in [0.05, 0.1) is 0 Å². The molecule has 0 saturated heterocycles. The fourth-order valence-corrected chi connectivity index (χ4v) is 1.58. The van der Waals surface area contributed by atoms with Gasteiger partial charge < -0.3 is 16.0 Å². The molecule has 5 heteroatoms. The first kappa shape index (κ1) is 13.7. The number of nitrogens with one attached hydrogen (secondary N) is 1. The molecule has 0 aromatic carbocycles. The van der Waals surface area contributed by atoms with Crippen LogP contribution in [0.2, 0.25) is 0 Å². The smallest absolute Gasteiger partial charge is 0.134 e. The van der Waals surface area contributed by atoms with Crippen LogP contribution in [0.15, 0.2) is 6.07 Å². The lowest BCUT2D eigenvalue weighted by Gasteiger charge is -2.19. The monoisotopic (exact) mass is 237 g/mol. The molecule has 0 fully saturated rings. The summed E-state index contributed by atoms with van der Waals surface area (Å²) in [6, 6.07) is 2.18. The van der Waals surface area contributed by atoms with E-state index in [-0.39, 0.29) is 6.04 Å². The molecule has 0 amide bonds. The second-order valence-electron chi connectivity index (χ2n) is 4.36. The molecule has 1 rings (SSSR count). The van der Waals surface area contributed by atoms with Gasteiger partial charge in [-0.05, 0) is 20.3 Å². The van der Waals surface area contributed by atoms with Crippen LogP contribution in [0.4, 0.5) is 11.6 Å². The van der Waals surface area contributed by atoms with Crippen LogP contribution in [0.3, 0.4) is 0 Å². The lowest BCUT2D eigenvalue weighted by atomic mass is 10.3. The molecule has 1 aromatic rings. The zero-order valence-corrected chi connectivity index (χ0v) is 11.2. The number of rotatable bonds is 6. The Balaban J connectivity index is 2.86. The minimum Gasteiger partial charge on any atom is -0.366 e. The van der Waals surface area contributed by atoms with Crippen LogP contribution in [0.25, 0.3) is 0 Å². The quantitative estimate of drug-likeness (QED) is 0.782. The van der Waals surface area contributed by atoms with E-state index in [0.717, 1.165) is 30.4 Å². The Morgan fingerprint density at radius 3 is 2.76 bits per heavy atom. The number of nitrogens with two attached hydrogens (primary N) is 1. The summed E-state index contributed by atoms with van der Waals surface area (Å²) in [4.78, 5) is 10.9. The third kappa shape index (κ3) is 4.19. The Kier molecular flexibility index (Phi) is 5.15. The Hall–Kier alpha value is -1.36. The summed E-state index contributed by atoms with van der Waals surface area (Å²) < 4.78 is 0. The average Bonchev–Trinajstić information content (AvgIpc) is 2.28. The summed E-state index contributed by atoms with van der Waals surface area (Å²) in [6.45, 7) is 7.67. The van der Waals surface area contributed by atoms with Crippen molar-refractivity contribution in [3.63, 3.8) is 0 Å². The van der Waals surface area contributed by atoms with E-state index in [1.165, 1.54) is 0 Å². The van der Waals surface area contributed by atoms with Crippen molar-refractivity contribution >= 4 is 11.6 Å². The second-order valence-corrected chi connectivity index (χ2v) is 4.36. The molecule has 0 aliphatic carbocycles. The number of anilines is 2. The minimum atomic E-state index is 0.216. The van der Waals surface area contributed by atoms with E-state index in [1.54, 1.807) is 0 Å². The highest BCUT2D eigenvalue weighted by atomic mass is 15.2. The lowest BCUT2D eigenvalue weighted by Crippen LogP contribution is -2.26. The van der Waals surface area contributed by atoms with Gasteiger partial charge in [0.1, 0.15) is 17.5 Å². The molecule has 1 heterocycles. The Morgan fingerprint density at radius 1 is 1.47 bits per heavy atom. The highest BCUT2D eigenvalue weighted by Crippen LogP contribution is 2.15. The van der Waals surface area contributed by atoms with Crippen LogP contribution in [-0.2, 0) is 0 Å². The van der Waals surface area contributed by atoms with Crippen LogP contribution in [0, 0.1) is 6.92 Å². The summed E-state index contributed by atoms with van der Waals surface area (Å²) in [5.74, 6) is 2.57. The predicted octanol–water partition coefficient (Wildman–Crippen LogP) is 1.39. The maximum absolute atomic E-state index is 5.59. The third-order valence-corrected chi connectivity index (χ3v) is 2.52. The van der Waals surface area contributed by atoms with Gasteiger partial charge >= 0.3 is 0 Å². The van der Waals surface area contributed by atoms with Gasteiger partial charge in [0.15, 0.2) is 0 Å². The van der Waals surface area contributed by atoms with Crippen LogP contribution >= 0.6 is 0 Å². The number of aromatic nitrogens is 2. The fourth-order valence-electron chi connectivity index (χ4n) is 1.58. The molecule has 0 aliphatic rings. The molecule has 0 radical (unpaired) electrons. The molecule has 1 unspecified atom stereocenters. The second kappa shape index (κ2) is 6.39. The van der Waals surface area contributed by atoms with Crippen LogP contribution in [0.1, 0.15) is 26.1 Å². The van der Waals surface area contributed by atoms with Gasteiger partial charge in [-0.3, -0.25) is 0 Å². The largest absolute Gasteiger partial charge is 0.366 e. The zero-order chi connectivity index (χ0) is 12.8. The lowest BCUT2D eigenvalue weighted by molar-refractivity contribution is 0.790. The molecule has 3 N–H and O–H groups in total. The van der Waals surface area contributed by atoms with Gasteiger partial charge in [-0.25, -0.2) is 9.97 Å². The van der Waals surface area contributed by atoms with Gasteiger partial charge in [0.25, 0.3) is 0 Å². The van der Waals surface area contributed by atoms with Crippen molar-refractivity contribution in [3.8, 4) is 0 Å². The Morgan fingerprint density at radius 2 is 2.18 bits per heavy atom. The molecule has 1 atom stereocenters. The first-order valence-corrected chi connectivity index (χ1v) is 6.10. The van der Waals surface area contributed by atoms with E-state index < -0.39 is 0 Å². The first-order chi connectivity index (χ1) is 8.06. The summed E-state index contributed by atoms with van der Waals surface area (Å²) in [6.07, 6.45) is 1.10. The summed E-state index contributed by atoms with van der Waals surface area (Å²) in [7, 11) is 2.04.